The summed E-state index contributed by atoms with van der Waals surface area (Å²) in [6.45, 7) is 2.56. The summed E-state index contributed by atoms with van der Waals surface area (Å²) in [6, 6.07) is 0. The number of hydrogen-bond acceptors (Lipinski definition) is 15. The van der Waals surface area contributed by atoms with Crippen molar-refractivity contribution < 1.29 is 80.2 Å². The number of hydrogen-bond donors (Lipinski definition) is 3. The van der Waals surface area contributed by atoms with Gasteiger partial charge in [0.25, 0.3) is 0 Å². The molecule has 0 heterocycles. The average molecular weight is 1410 g/mol. The number of aliphatic hydroxyl groups is 1. The van der Waals surface area contributed by atoms with Gasteiger partial charge in [0.1, 0.15) is 30.9 Å². The minimum atomic E-state index is -4.84. The second-order valence-electron chi connectivity index (χ2n) is 26.9. The lowest BCUT2D eigenvalue weighted by molar-refractivity contribution is -0.155. The molecule has 19 heteroatoms. The second kappa shape index (κ2) is 74.1. The highest BCUT2D eigenvalue weighted by Gasteiger charge is 2.30. The molecule has 0 aliphatic heterocycles. The number of allylic oxidation sites excluding steroid dienone is 4. The molecule has 0 saturated heterocycles. The first kappa shape index (κ1) is 93.9. The molecule has 2 unspecified atom stereocenters. The van der Waals surface area contributed by atoms with Gasteiger partial charge in [-0.1, -0.05) is 282 Å². The Labute approximate surface area is 586 Å². The van der Waals surface area contributed by atoms with Crippen LogP contribution < -0.4 is 0 Å². The van der Waals surface area contributed by atoms with Gasteiger partial charge in [0.05, 0.1) is 39.6 Å². The van der Waals surface area contributed by atoms with Gasteiger partial charge >= 0.3 is 27.6 Å². The third-order valence-corrected chi connectivity index (χ3v) is 19.3. The third kappa shape index (κ3) is 73.1. The third-order valence-electron chi connectivity index (χ3n) is 17.4. The summed E-state index contributed by atoms with van der Waals surface area (Å²) in [6.07, 6.45) is 68.3. The van der Waals surface area contributed by atoms with E-state index in [9.17, 15) is 43.2 Å². The van der Waals surface area contributed by atoms with Crippen LogP contribution in [0.15, 0.2) is 24.3 Å². The van der Waals surface area contributed by atoms with Crippen LogP contribution in [0.1, 0.15) is 373 Å². The summed E-state index contributed by atoms with van der Waals surface area (Å²) in [5, 5.41) is 10.6. The molecule has 0 bridgehead atoms. The van der Waals surface area contributed by atoms with Crippen molar-refractivity contribution >= 4 is 40.2 Å². The molecule has 4 atom stereocenters. The molecule has 0 aromatic carbocycles. The van der Waals surface area contributed by atoms with Crippen LogP contribution in [-0.4, -0.2) is 111 Å². The van der Waals surface area contributed by atoms with Crippen molar-refractivity contribution in [3.8, 4) is 0 Å². The first-order valence-electron chi connectivity index (χ1n) is 39.5. The number of esters is 2. The molecule has 0 fully saturated rings. The van der Waals surface area contributed by atoms with E-state index in [4.69, 9.17) is 37.0 Å². The predicted octanol–water partition coefficient (Wildman–Crippen LogP) is 21.9. The van der Waals surface area contributed by atoms with Gasteiger partial charge in [-0.05, 0) is 89.9 Å². The Kier molecular flexibility index (Phi) is 72.4. The monoisotopic (exact) mass is 1410 g/mol. The first-order chi connectivity index (χ1) is 46.9. The zero-order chi connectivity index (χ0) is 70.0. The molecule has 0 aliphatic rings. The Balaban J connectivity index is 5.13. The molecule has 0 aromatic rings. The van der Waals surface area contributed by atoms with E-state index in [0.29, 0.717) is 38.9 Å². The van der Waals surface area contributed by atoms with Crippen molar-refractivity contribution in [3.63, 3.8) is 0 Å². The maximum Gasteiger partial charge on any atom is 0.472 e. The highest BCUT2D eigenvalue weighted by Crippen LogP contribution is 2.45. The van der Waals surface area contributed by atoms with E-state index in [2.05, 4.69) is 38.2 Å². The van der Waals surface area contributed by atoms with E-state index in [0.717, 1.165) is 154 Å². The topological polar surface area (TPSA) is 237 Å². The fourth-order valence-electron chi connectivity index (χ4n) is 11.4. The molecular weight excluding hydrogens is 1260 g/mol. The first-order valence-corrected chi connectivity index (χ1v) is 42.5. The number of ether oxygens (including phenoxy) is 4. The van der Waals surface area contributed by atoms with Gasteiger partial charge in [0.15, 0.2) is 0 Å². The summed E-state index contributed by atoms with van der Waals surface area (Å²) in [7, 11) is -9.69. The van der Waals surface area contributed by atoms with Crippen LogP contribution in [0.3, 0.4) is 0 Å². The molecule has 96 heavy (non-hydrogen) atoms. The number of aliphatic hydroxyl groups excluding tert-OH is 1. The second-order valence-corrected chi connectivity index (χ2v) is 29.8. The maximum atomic E-state index is 13.1. The van der Waals surface area contributed by atoms with Crippen LogP contribution in [0.5, 0.6) is 0 Å². The molecule has 0 saturated carbocycles. The van der Waals surface area contributed by atoms with Crippen molar-refractivity contribution in [2.45, 2.75) is 392 Å². The lowest BCUT2D eigenvalue weighted by atomic mass is 10.0. The minimum absolute atomic E-state index is 0.0560. The molecule has 0 aromatic heterocycles. The summed E-state index contributed by atoms with van der Waals surface area (Å²) < 4.78 is 69.9. The highest BCUT2D eigenvalue weighted by atomic mass is 31.2. The minimum Gasteiger partial charge on any atom is -0.457 e. The SMILES string of the molecule is CCCCCCCCCCCCCCCC(=O)O[C@H](COCCCCCCCCC/C=C\CCCCCCC=O)COP(=O)(O)OCC(O)COP(=O)(O)OC[C@@H](COCCCCCCCCC/C=C\CCCCCCC=O)OC(=O)CCCCCCCCCCCCCCC. The molecule has 0 amide bonds. The average Bonchev–Trinajstić information content (AvgIpc) is 1.52. The Morgan fingerprint density at radius 2 is 0.542 bits per heavy atom. The fraction of sp³-hybridized carbons (Fsp3) is 0.896. The molecule has 0 radical (unpaired) electrons. The number of carbonyl (C=O) groups excluding carboxylic acids is 4. The van der Waals surface area contributed by atoms with Crippen LogP contribution in [0.2, 0.25) is 0 Å². The zero-order valence-corrected chi connectivity index (χ0v) is 63.2. The van der Waals surface area contributed by atoms with Crippen LogP contribution in [-0.2, 0) is 65.4 Å². The number of phosphoric acid groups is 2. The van der Waals surface area contributed by atoms with E-state index in [1.165, 1.54) is 180 Å². The lowest BCUT2D eigenvalue weighted by Gasteiger charge is -2.21. The van der Waals surface area contributed by atoms with Crippen molar-refractivity contribution in [2.24, 2.45) is 0 Å². The summed E-state index contributed by atoms with van der Waals surface area (Å²) in [4.78, 5) is 68.2. The zero-order valence-electron chi connectivity index (χ0n) is 61.4. The lowest BCUT2D eigenvalue weighted by Crippen LogP contribution is -2.29. The quantitative estimate of drug-likeness (QED) is 0.0169. The molecular formula is C77H146O17P2. The Morgan fingerprint density at radius 1 is 0.312 bits per heavy atom. The van der Waals surface area contributed by atoms with Gasteiger partial charge in [-0.3, -0.25) is 27.7 Å². The van der Waals surface area contributed by atoms with E-state index in [1.54, 1.807) is 0 Å². The summed E-state index contributed by atoms with van der Waals surface area (Å²) in [5.74, 6) is -0.913. The molecule has 0 spiro atoms. The van der Waals surface area contributed by atoms with Gasteiger partial charge in [-0.25, -0.2) is 9.13 Å². The van der Waals surface area contributed by atoms with Crippen LogP contribution in [0.4, 0.5) is 0 Å². The van der Waals surface area contributed by atoms with Crippen molar-refractivity contribution in [3.05, 3.63) is 24.3 Å². The van der Waals surface area contributed by atoms with E-state index >= 15 is 0 Å². The van der Waals surface area contributed by atoms with Gasteiger partial charge in [-0.15, -0.1) is 0 Å². The molecule has 0 rings (SSSR count). The van der Waals surface area contributed by atoms with Crippen molar-refractivity contribution in [1.29, 1.82) is 0 Å². The van der Waals surface area contributed by atoms with Crippen LogP contribution in [0.25, 0.3) is 0 Å². The maximum absolute atomic E-state index is 13.1. The molecule has 566 valence electrons. The smallest absolute Gasteiger partial charge is 0.457 e. The van der Waals surface area contributed by atoms with Crippen molar-refractivity contribution in [2.75, 3.05) is 52.9 Å². The molecule has 17 nitrogen and oxygen atoms in total. The van der Waals surface area contributed by atoms with E-state index in [-0.39, 0.29) is 26.1 Å². The largest absolute Gasteiger partial charge is 0.472 e. The summed E-state index contributed by atoms with van der Waals surface area (Å²) in [5.41, 5.74) is 0. The van der Waals surface area contributed by atoms with Crippen molar-refractivity contribution in [1.82, 2.24) is 0 Å². The molecule has 3 N–H and O–H groups in total. The normalized spacial score (nSPS) is 14.1. The molecule has 0 aliphatic carbocycles. The van der Waals surface area contributed by atoms with Gasteiger partial charge < -0.3 is 43.4 Å². The highest BCUT2D eigenvalue weighted by molar-refractivity contribution is 7.47. The Morgan fingerprint density at radius 3 is 0.812 bits per heavy atom. The number of aldehydes is 2. The number of carbonyl (C=O) groups is 4. The summed E-state index contributed by atoms with van der Waals surface area (Å²) >= 11 is 0. The van der Waals surface area contributed by atoms with E-state index < -0.39 is 72.3 Å². The van der Waals surface area contributed by atoms with Crippen LogP contribution in [0, 0.1) is 0 Å². The van der Waals surface area contributed by atoms with Crippen LogP contribution >= 0.6 is 15.6 Å². The van der Waals surface area contributed by atoms with E-state index in [1.807, 2.05) is 0 Å². The Hall–Kier alpha value is -2.14. The van der Waals surface area contributed by atoms with Gasteiger partial charge in [0, 0.05) is 38.9 Å². The predicted molar refractivity (Wildman–Crippen MR) is 391 cm³/mol. The number of unbranched alkanes of at least 4 members (excludes halogenated alkanes) is 48. The fourth-order valence-corrected chi connectivity index (χ4v) is 13.0. The number of rotatable bonds is 80. The Bertz CT molecular complexity index is 1730. The standard InChI is InChI=1S/C77H146O17P2/c1-3-5-7-9-11-13-15-25-31-37-43-49-55-61-76(81)93-74(69-87-65-59-53-47-41-35-29-23-19-17-21-27-33-39-45-51-57-63-78)71-91-95(83,84)89-67-73(80)68-90-96(85,86)92-72-75(94-77(82)62-56-50-44-38-32-26-16-14-12-10-8-6-4-2)70-88-66-60-54-48-42-36-30-24-20-18-22-28-34-40-46-52-58-64-79/h17-18,21-22,63-64,73-75,80H,3-16,19-20,23-62,65-72H2,1-2H3,(H,83,84)(H,85,86)/b21-17-,22-18-/t74-,75-/m1/s1. The number of phosphoric ester groups is 2. The van der Waals surface area contributed by atoms with Gasteiger partial charge in [0.2, 0.25) is 0 Å². The van der Waals surface area contributed by atoms with Gasteiger partial charge in [-0.2, -0.15) is 0 Å².